The molecule has 1 rings (SSSR count). The summed E-state index contributed by atoms with van der Waals surface area (Å²) in [5.41, 5.74) is 1.47. The molecule has 0 aromatic heterocycles. The summed E-state index contributed by atoms with van der Waals surface area (Å²) >= 11 is 2.37. The Labute approximate surface area is 139 Å². The van der Waals surface area contributed by atoms with Crippen molar-refractivity contribution in [2.45, 2.75) is 71.3 Å². The summed E-state index contributed by atoms with van der Waals surface area (Å²) in [5.74, 6) is 0. The fourth-order valence-corrected chi connectivity index (χ4v) is 2.88. The molecule has 20 heavy (non-hydrogen) atoms. The van der Waals surface area contributed by atoms with Gasteiger partial charge in [-0.2, -0.15) is 0 Å². The van der Waals surface area contributed by atoms with Gasteiger partial charge in [0.05, 0.1) is 0 Å². The molecule has 0 aliphatic carbocycles. The fourth-order valence-electron chi connectivity index (χ4n) is 2.52. The molecular formula is C18H30IN. The Morgan fingerprint density at radius 3 is 2.30 bits per heavy atom. The van der Waals surface area contributed by atoms with Crippen LogP contribution >= 0.6 is 22.6 Å². The van der Waals surface area contributed by atoms with E-state index < -0.39 is 0 Å². The van der Waals surface area contributed by atoms with E-state index in [-0.39, 0.29) is 0 Å². The lowest BCUT2D eigenvalue weighted by atomic mass is 9.99. The third kappa shape index (κ3) is 8.25. The Bertz CT molecular complexity index is 334. The fraction of sp³-hybridized carbons (Fsp3) is 0.667. The minimum atomic E-state index is 0.650. The number of hydrogen-bond donors (Lipinski definition) is 1. The van der Waals surface area contributed by atoms with Crippen molar-refractivity contribution in [1.82, 2.24) is 5.32 Å². The molecule has 1 nitrogen and oxygen atoms in total. The lowest BCUT2D eigenvalue weighted by molar-refractivity contribution is 0.451. The quantitative estimate of drug-likeness (QED) is 0.387. The van der Waals surface area contributed by atoms with E-state index in [1.807, 2.05) is 0 Å². The maximum Gasteiger partial charge on any atom is 0.0130 e. The minimum absolute atomic E-state index is 0.650. The zero-order chi connectivity index (χ0) is 14.6. The normalized spacial score (nSPS) is 12.6. The van der Waals surface area contributed by atoms with Gasteiger partial charge in [0.25, 0.3) is 0 Å². The van der Waals surface area contributed by atoms with Crippen molar-refractivity contribution in [2.75, 3.05) is 6.54 Å². The molecule has 114 valence electrons. The van der Waals surface area contributed by atoms with Gasteiger partial charge >= 0.3 is 0 Å². The van der Waals surface area contributed by atoms with Crippen molar-refractivity contribution in [2.24, 2.45) is 0 Å². The van der Waals surface area contributed by atoms with E-state index in [1.165, 1.54) is 60.5 Å². The highest BCUT2D eigenvalue weighted by atomic mass is 127. The molecule has 0 radical (unpaired) electrons. The minimum Gasteiger partial charge on any atom is -0.314 e. The second kappa shape index (κ2) is 11.6. The maximum atomic E-state index is 3.72. The number of halogens is 1. The highest BCUT2D eigenvalue weighted by molar-refractivity contribution is 14.1. The second-order valence-electron chi connectivity index (χ2n) is 5.68. The Morgan fingerprint density at radius 2 is 1.65 bits per heavy atom. The van der Waals surface area contributed by atoms with Crippen molar-refractivity contribution >= 4 is 22.6 Å². The molecule has 1 N–H and O–H groups in total. The van der Waals surface area contributed by atoms with Gasteiger partial charge in [-0.25, -0.2) is 0 Å². The summed E-state index contributed by atoms with van der Waals surface area (Å²) < 4.78 is 1.32. The predicted molar refractivity (Wildman–Crippen MR) is 98.3 cm³/mol. The molecule has 1 aromatic carbocycles. The van der Waals surface area contributed by atoms with Gasteiger partial charge in [-0.3, -0.25) is 0 Å². The molecule has 0 saturated heterocycles. The van der Waals surface area contributed by atoms with E-state index in [9.17, 15) is 0 Å². The van der Waals surface area contributed by atoms with E-state index >= 15 is 0 Å². The van der Waals surface area contributed by atoms with Crippen LogP contribution < -0.4 is 5.32 Å². The van der Waals surface area contributed by atoms with Gasteiger partial charge in [0.15, 0.2) is 0 Å². The summed E-state index contributed by atoms with van der Waals surface area (Å²) in [6.45, 7) is 5.67. The summed E-state index contributed by atoms with van der Waals surface area (Å²) in [5, 5.41) is 3.72. The van der Waals surface area contributed by atoms with Crippen LogP contribution in [-0.4, -0.2) is 12.6 Å². The first kappa shape index (κ1) is 18.0. The van der Waals surface area contributed by atoms with E-state index in [0.29, 0.717) is 6.04 Å². The lowest BCUT2D eigenvalue weighted by Crippen LogP contribution is -2.31. The van der Waals surface area contributed by atoms with Gasteiger partial charge in [-0.1, -0.05) is 58.1 Å². The first-order chi connectivity index (χ1) is 9.76. The number of rotatable bonds is 11. The average Bonchev–Trinajstić information content (AvgIpc) is 2.46. The Kier molecular flexibility index (Phi) is 10.4. The summed E-state index contributed by atoms with van der Waals surface area (Å²) in [7, 11) is 0. The molecule has 0 amide bonds. The van der Waals surface area contributed by atoms with Crippen LogP contribution in [0.25, 0.3) is 0 Å². The van der Waals surface area contributed by atoms with Crippen molar-refractivity contribution in [3.63, 3.8) is 0 Å². The standard InChI is InChI=1S/C18H30IN/c1-3-5-6-7-8-9-18(20-14-4-2)15-16-10-12-17(19)13-11-16/h10-13,18,20H,3-9,14-15H2,1-2H3. The van der Waals surface area contributed by atoms with Crippen LogP contribution in [0, 0.1) is 3.57 Å². The molecule has 1 atom stereocenters. The van der Waals surface area contributed by atoms with Crippen molar-refractivity contribution in [1.29, 1.82) is 0 Å². The molecule has 0 heterocycles. The number of unbranched alkanes of at least 4 members (excludes halogenated alkanes) is 4. The molecular weight excluding hydrogens is 357 g/mol. The SMILES string of the molecule is CCCCCCCC(Cc1ccc(I)cc1)NCCC. The second-order valence-corrected chi connectivity index (χ2v) is 6.93. The topological polar surface area (TPSA) is 12.0 Å². The van der Waals surface area contributed by atoms with Crippen LogP contribution in [0.1, 0.15) is 64.4 Å². The number of hydrogen-bond acceptors (Lipinski definition) is 1. The van der Waals surface area contributed by atoms with Gasteiger partial charge in [0.2, 0.25) is 0 Å². The summed E-state index contributed by atoms with van der Waals surface area (Å²) in [4.78, 5) is 0. The molecule has 0 aliphatic rings. The van der Waals surface area contributed by atoms with Gasteiger partial charge < -0.3 is 5.32 Å². The van der Waals surface area contributed by atoms with Crippen LogP contribution in [0.3, 0.4) is 0 Å². The van der Waals surface area contributed by atoms with Crippen LogP contribution in [0.15, 0.2) is 24.3 Å². The summed E-state index contributed by atoms with van der Waals surface area (Å²) in [6, 6.07) is 9.64. The van der Waals surface area contributed by atoms with Gasteiger partial charge in [0.1, 0.15) is 0 Å². The van der Waals surface area contributed by atoms with Crippen LogP contribution in [-0.2, 0) is 6.42 Å². The van der Waals surface area contributed by atoms with E-state index in [0.717, 1.165) is 6.54 Å². The first-order valence-corrected chi connectivity index (χ1v) is 9.32. The molecule has 2 heteroatoms. The third-order valence-corrected chi connectivity index (χ3v) is 4.45. The highest BCUT2D eigenvalue weighted by Crippen LogP contribution is 2.13. The molecule has 1 unspecified atom stereocenters. The van der Waals surface area contributed by atoms with Crippen LogP contribution in [0.4, 0.5) is 0 Å². The molecule has 0 spiro atoms. The Balaban J connectivity index is 2.36. The van der Waals surface area contributed by atoms with Gasteiger partial charge in [-0.05, 0) is 66.1 Å². The molecule has 1 aromatic rings. The molecule has 0 fully saturated rings. The lowest BCUT2D eigenvalue weighted by Gasteiger charge is -2.18. The number of nitrogens with one attached hydrogen (secondary N) is 1. The van der Waals surface area contributed by atoms with E-state index in [2.05, 4.69) is 66.0 Å². The molecule has 0 aliphatic heterocycles. The highest BCUT2D eigenvalue weighted by Gasteiger charge is 2.08. The average molecular weight is 387 g/mol. The molecule has 0 saturated carbocycles. The zero-order valence-corrected chi connectivity index (χ0v) is 15.3. The third-order valence-electron chi connectivity index (χ3n) is 3.73. The first-order valence-electron chi connectivity index (χ1n) is 8.24. The molecule has 0 bridgehead atoms. The Hall–Kier alpha value is -0.0900. The monoisotopic (exact) mass is 387 g/mol. The smallest absolute Gasteiger partial charge is 0.0130 e. The largest absolute Gasteiger partial charge is 0.314 e. The maximum absolute atomic E-state index is 3.72. The van der Waals surface area contributed by atoms with Crippen molar-refractivity contribution in [3.05, 3.63) is 33.4 Å². The van der Waals surface area contributed by atoms with Crippen molar-refractivity contribution < 1.29 is 0 Å². The predicted octanol–water partition coefficient (Wildman–Crippen LogP) is 5.56. The summed E-state index contributed by atoms with van der Waals surface area (Å²) in [6.07, 6.45) is 10.6. The van der Waals surface area contributed by atoms with Gasteiger partial charge in [0, 0.05) is 9.61 Å². The van der Waals surface area contributed by atoms with E-state index in [1.54, 1.807) is 0 Å². The Morgan fingerprint density at radius 1 is 0.950 bits per heavy atom. The van der Waals surface area contributed by atoms with E-state index in [4.69, 9.17) is 0 Å². The number of benzene rings is 1. The van der Waals surface area contributed by atoms with Gasteiger partial charge in [-0.15, -0.1) is 0 Å². The van der Waals surface area contributed by atoms with Crippen LogP contribution in [0.5, 0.6) is 0 Å². The zero-order valence-electron chi connectivity index (χ0n) is 13.1. The van der Waals surface area contributed by atoms with Crippen molar-refractivity contribution in [3.8, 4) is 0 Å². The van der Waals surface area contributed by atoms with Crippen LogP contribution in [0.2, 0.25) is 0 Å².